The highest BCUT2D eigenvalue weighted by atomic mass is 32.2. The number of anilines is 1. The van der Waals surface area contributed by atoms with Crippen molar-refractivity contribution in [2.24, 2.45) is 0 Å². The number of rotatable bonds is 11. The first kappa shape index (κ1) is 16.3. The van der Waals surface area contributed by atoms with Gasteiger partial charge in [-0.25, -0.2) is 0 Å². The number of benzene rings is 1. The van der Waals surface area contributed by atoms with E-state index >= 15 is 0 Å². The molecule has 0 amide bonds. The molecular formula is C14H23NO3S. The van der Waals surface area contributed by atoms with Crippen molar-refractivity contribution >= 4 is 17.4 Å². The number of hydrogen-bond acceptors (Lipinski definition) is 5. The first-order valence-electron chi connectivity index (χ1n) is 6.39. The first-order valence-corrected chi connectivity index (χ1v) is 7.61. The molecule has 1 aromatic carbocycles. The van der Waals surface area contributed by atoms with Crippen molar-refractivity contribution in [2.45, 2.75) is 4.90 Å². The van der Waals surface area contributed by atoms with Crippen molar-refractivity contribution in [3.05, 3.63) is 24.3 Å². The van der Waals surface area contributed by atoms with Crippen molar-refractivity contribution in [1.29, 1.82) is 0 Å². The molecule has 0 unspecified atom stereocenters. The summed E-state index contributed by atoms with van der Waals surface area (Å²) >= 11 is 1.75. The third kappa shape index (κ3) is 8.10. The van der Waals surface area contributed by atoms with Gasteiger partial charge in [-0.2, -0.15) is 0 Å². The van der Waals surface area contributed by atoms with Crippen molar-refractivity contribution in [2.75, 3.05) is 58.3 Å². The van der Waals surface area contributed by atoms with Gasteiger partial charge in [0.2, 0.25) is 0 Å². The highest BCUT2D eigenvalue weighted by Gasteiger charge is 1.94. The second-order valence-electron chi connectivity index (χ2n) is 3.87. The van der Waals surface area contributed by atoms with Crippen LogP contribution in [0.3, 0.4) is 0 Å². The van der Waals surface area contributed by atoms with Gasteiger partial charge in [-0.3, -0.25) is 0 Å². The third-order valence-electron chi connectivity index (χ3n) is 2.47. The van der Waals surface area contributed by atoms with Gasteiger partial charge in [-0.1, -0.05) is 0 Å². The van der Waals surface area contributed by atoms with E-state index in [1.54, 1.807) is 18.9 Å². The molecule has 1 rings (SSSR count). The Hall–Kier alpha value is -0.750. The molecule has 4 nitrogen and oxygen atoms in total. The van der Waals surface area contributed by atoms with Crippen LogP contribution in [0, 0.1) is 0 Å². The average molecular weight is 285 g/mol. The predicted octanol–water partition coefficient (Wildman–Crippen LogP) is 2.50. The molecule has 19 heavy (non-hydrogen) atoms. The van der Waals surface area contributed by atoms with Crippen molar-refractivity contribution < 1.29 is 14.2 Å². The molecule has 0 bridgehead atoms. The fourth-order valence-corrected chi connectivity index (χ4v) is 1.85. The van der Waals surface area contributed by atoms with Gasteiger partial charge in [-0.05, 0) is 30.5 Å². The van der Waals surface area contributed by atoms with Crippen LogP contribution in [0.25, 0.3) is 0 Å². The Morgan fingerprint density at radius 1 is 0.947 bits per heavy atom. The van der Waals surface area contributed by atoms with Crippen molar-refractivity contribution in [3.8, 4) is 0 Å². The summed E-state index contributed by atoms with van der Waals surface area (Å²) in [5, 5.41) is 3.31. The minimum absolute atomic E-state index is 0.617. The molecule has 0 saturated heterocycles. The lowest BCUT2D eigenvalue weighted by Crippen LogP contribution is -2.13. The molecule has 1 N–H and O–H groups in total. The van der Waals surface area contributed by atoms with Crippen molar-refractivity contribution in [3.63, 3.8) is 0 Å². The maximum Gasteiger partial charge on any atom is 0.0701 e. The van der Waals surface area contributed by atoms with Crippen LogP contribution in [0.5, 0.6) is 0 Å². The summed E-state index contributed by atoms with van der Waals surface area (Å²) in [7, 11) is 1.66. The first-order chi connectivity index (χ1) is 9.36. The molecule has 0 fully saturated rings. The number of thioether (sulfide) groups is 1. The van der Waals surface area contributed by atoms with Crippen LogP contribution in [0.1, 0.15) is 0 Å². The largest absolute Gasteiger partial charge is 0.383 e. The number of ether oxygens (including phenoxy) is 3. The highest BCUT2D eigenvalue weighted by molar-refractivity contribution is 7.98. The van der Waals surface area contributed by atoms with Crippen LogP contribution in [0.15, 0.2) is 29.2 Å². The Kier molecular flexibility index (Phi) is 9.53. The second-order valence-corrected chi connectivity index (χ2v) is 4.75. The summed E-state index contributed by atoms with van der Waals surface area (Å²) in [5.74, 6) is 0. The Bertz CT molecular complexity index is 319. The molecule has 0 aliphatic rings. The molecule has 0 aliphatic carbocycles. The lowest BCUT2D eigenvalue weighted by Gasteiger charge is -2.08. The molecule has 5 heteroatoms. The summed E-state index contributed by atoms with van der Waals surface area (Å²) in [6.45, 7) is 3.98. The Morgan fingerprint density at radius 3 is 2.21 bits per heavy atom. The minimum atomic E-state index is 0.617. The van der Waals surface area contributed by atoms with Crippen LogP contribution >= 0.6 is 11.8 Å². The Balaban J connectivity index is 1.95. The van der Waals surface area contributed by atoms with Gasteiger partial charge >= 0.3 is 0 Å². The molecule has 0 spiro atoms. The van der Waals surface area contributed by atoms with Gasteiger partial charge in [0.15, 0.2) is 0 Å². The maximum atomic E-state index is 5.45. The maximum absolute atomic E-state index is 5.45. The van der Waals surface area contributed by atoms with Crippen LogP contribution in [-0.4, -0.2) is 52.9 Å². The van der Waals surface area contributed by atoms with Gasteiger partial charge in [0.25, 0.3) is 0 Å². The molecule has 0 atom stereocenters. The predicted molar refractivity (Wildman–Crippen MR) is 80.2 cm³/mol. The van der Waals surface area contributed by atoms with E-state index in [0.29, 0.717) is 33.0 Å². The molecule has 0 saturated carbocycles. The van der Waals surface area contributed by atoms with Crippen LogP contribution in [0.4, 0.5) is 5.69 Å². The smallest absolute Gasteiger partial charge is 0.0701 e. The van der Waals surface area contributed by atoms with E-state index in [2.05, 4.69) is 35.8 Å². The molecule has 0 aliphatic heterocycles. The normalized spacial score (nSPS) is 10.6. The quantitative estimate of drug-likeness (QED) is 0.499. The molecule has 0 radical (unpaired) electrons. The molecule has 0 heterocycles. The second kappa shape index (κ2) is 11.1. The Labute approximate surface area is 119 Å². The summed E-state index contributed by atoms with van der Waals surface area (Å²) in [5.41, 5.74) is 1.12. The monoisotopic (exact) mass is 285 g/mol. The lowest BCUT2D eigenvalue weighted by molar-refractivity contribution is 0.0272. The van der Waals surface area contributed by atoms with E-state index in [-0.39, 0.29) is 0 Å². The zero-order chi connectivity index (χ0) is 13.8. The standard InChI is InChI=1S/C14H23NO3S/c1-16-9-10-18-12-11-17-8-7-15-13-3-5-14(19-2)6-4-13/h3-6,15H,7-12H2,1-2H3. The van der Waals surface area contributed by atoms with Gasteiger partial charge in [-0.15, -0.1) is 11.8 Å². The molecule has 0 aromatic heterocycles. The van der Waals surface area contributed by atoms with Crippen LogP contribution in [-0.2, 0) is 14.2 Å². The number of nitrogens with one attached hydrogen (secondary N) is 1. The SMILES string of the molecule is COCCOCCOCCNc1ccc(SC)cc1. The summed E-state index contributed by atoms with van der Waals surface area (Å²) < 4.78 is 15.6. The van der Waals surface area contributed by atoms with E-state index in [1.807, 2.05) is 0 Å². The lowest BCUT2D eigenvalue weighted by atomic mass is 10.3. The summed E-state index contributed by atoms with van der Waals surface area (Å²) in [4.78, 5) is 1.27. The summed E-state index contributed by atoms with van der Waals surface area (Å²) in [6, 6.07) is 8.38. The fraction of sp³-hybridized carbons (Fsp3) is 0.571. The van der Waals surface area contributed by atoms with Gasteiger partial charge in [0.05, 0.1) is 33.0 Å². The topological polar surface area (TPSA) is 39.7 Å². The molecule has 1 aromatic rings. The minimum Gasteiger partial charge on any atom is -0.383 e. The van der Waals surface area contributed by atoms with E-state index < -0.39 is 0 Å². The zero-order valence-corrected chi connectivity index (χ0v) is 12.5. The molecular weight excluding hydrogens is 262 g/mol. The van der Waals surface area contributed by atoms with E-state index in [0.717, 1.165) is 12.2 Å². The number of hydrogen-bond donors (Lipinski definition) is 1. The van der Waals surface area contributed by atoms with Gasteiger partial charge in [0, 0.05) is 24.2 Å². The van der Waals surface area contributed by atoms with Crippen LogP contribution in [0.2, 0.25) is 0 Å². The van der Waals surface area contributed by atoms with E-state index in [4.69, 9.17) is 14.2 Å². The van der Waals surface area contributed by atoms with E-state index in [1.165, 1.54) is 4.90 Å². The highest BCUT2D eigenvalue weighted by Crippen LogP contribution is 2.17. The van der Waals surface area contributed by atoms with Gasteiger partial charge < -0.3 is 19.5 Å². The Morgan fingerprint density at radius 2 is 1.58 bits per heavy atom. The van der Waals surface area contributed by atoms with Crippen LogP contribution < -0.4 is 5.32 Å². The fourth-order valence-electron chi connectivity index (χ4n) is 1.44. The zero-order valence-electron chi connectivity index (χ0n) is 11.7. The van der Waals surface area contributed by atoms with Gasteiger partial charge in [0.1, 0.15) is 0 Å². The van der Waals surface area contributed by atoms with Crippen molar-refractivity contribution in [1.82, 2.24) is 0 Å². The average Bonchev–Trinajstić information content (AvgIpc) is 2.46. The molecule has 108 valence electrons. The third-order valence-corrected chi connectivity index (χ3v) is 3.21. The number of methoxy groups -OCH3 is 1. The van der Waals surface area contributed by atoms with E-state index in [9.17, 15) is 0 Å². The summed E-state index contributed by atoms with van der Waals surface area (Å²) in [6.07, 6.45) is 2.07.